The van der Waals surface area contributed by atoms with Crippen LogP contribution in [-0.4, -0.2) is 38.1 Å². The summed E-state index contributed by atoms with van der Waals surface area (Å²) in [5, 5.41) is 4.38. The van der Waals surface area contributed by atoms with Crippen LogP contribution in [0.25, 0.3) is 0 Å². The van der Waals surface area contributed by atoms with Crippen LogP contribution in [0.2, 0.25) is 0 Å². The van der Waals surface area contributed by atoms with Gasteiger partial charge in [-0.3, -0.25) is 9.48 Å². The summed E-state index contributed by atoms with van der Waals surface area (Å²) in [6.07, 6.45) is 4.32. The molecule has 1 aromatic rings. The highest BCUT2D eigenvalue weighted by Gasteiger charge is 2.22. The number of rotatable bonds is 4. The number of ketones is 1. The summed E-state index contributed by atoms with van der Waals surface area (Å²) in [4.78, 5) is 12.0. The monoisotopic (exact) mass is 256 g/mol. The highest BCUT2D eigenvalue weighted by atomic mass is 32.2. The summed E-state index contributed by atoms with van der Waals surface area (Å²) in [5.41, 5.74) is 1.04. The number of Topliss-reactive ketones (excluding diaryl/α,β-unsaturated/α-hetero) is 1. The molecule has 1 aliphatic rings. The Labute approximate surface area is 104 Å². The molecule has 0 N–H and O–H groups in total. The van der Waals surface area contributed by atoms with E-state index in [0.717, 1.165) is 23.6 Å². The summed E-state index contributed by atoms with van der Waals surface area (Å²) in [6, 6.07) is 0. The molecule has 2 rings (SSSR count). The zero-order chi connectivity index (χ0) is 11.4. The van der Waals surface area contributed by atoms with Crippen molar-refractivity contribution in [3.05, 3.63) is 18.0 Å². The number of aromatic nitrogens is 2. The topological polar surface area (TPSA) is 34.9 Å². The van der Waals surface area contributed by atoms with E-state index < -0.39 is 0 Å². The van der Waals surface area contributed by atoms with Gasteiger partial charge in [-0.2, -0.15) is 16.9 Å². The summed E-state index contributed by atoms with van der Waals surface area (Å²) in [5.74, 6) is 3.62. The maximum atomic E-state index is 12.0. The van der Waals surface area contributed by atoms with Gasteiger partial charge in [0.2, 0.25) is 0 Å². The molecule has 0 spiro atoms. The molecule has 0 amide bonds. The zero-order valence-electron chi connectivity index (χ0n) is 9.39. The number of carbonyl (C=O) groups excluding carboxylic acids is 1. The fourth-order valence-corrected chi connectivity index (χ4v) is 4.31. The van der Waals surface area contributed by atoms with Crippen LogP contribution in [0.1, 0.15) is 12.5 Å². The van der Waals surface area contributed by atoms with Gasteiger partial charge in [-0.05, 0) is 12.5 Å². The fourth-order valence-electron chi connectivity index (χ4n) is 1.66. The molecule has 0 radical (unpaired) electrons. The van der Waals surface area contributed by atoms with E-state index in [4.69, 9.17) is 0 Å². The van der Waals surface area contributed by atoms with Crippen molar-refractivity contribution in [3.63, 3.8) is 0 Å². The lowest BCUT2D eigenvalue weighted by molar-refractivity contribution is -0.117. The maximum Gasteiger partial charge on any atom is 0.151 e. The molecule has 1 aromatic heterocycles. The second kappa shape index (κ2) is 5.77. The molecule has 5 heteroatoms. The summed E-state index contributed by atoms with van der Waals surface area (Å²) >= 11 is 3.69. The van der Waals surface area contributed by atoms with Gasteiger partial charge in [0.1, 0.15) is 0 Å². The number of carbonyl (C=O) groups is 1. The molecule has 3 nitrogen and oxygen atoms in total. The van der Waals surface area contributed by atoms with Gasteiger partial charge in [-0.1, -0.05) is 0 Å². The Hall–Kier alpha value is -0.420. The minimum Gasteiger partial charge on any atom is -0.298 e. The second-order valence-electron chi connectivity index (χ2n) is 3.78. The van der Waals surface area contributed by atoms with Gasteiger partial charge in [0.15, 0.2) is 5.78 Å². The van der Waals surface area contributed by atoms with E-state index in [2.05, 4.69) is 5.10 Å². The Morgan fingerprint density at radius 1 is 1.62 bits per heavy atom. The minimum atomic E-state index is 0.198. The first-order chi connectivity index (χ1) is 7.79. The van der Waals surface area contributed by atoms with Crippen molar-refractivity contribution in [2.24, 2.45) is 0 Å². The molecule has 2 heterocycles. The Kier molecular flexibility index (Phi) is 4.35. The summed E-state index contributed by atoms with van der Waals surface area (Å²) in [6.45, 7) is 2.91. The first-order valence-electron chi connectivity index (χ1n) is 5.53. The molecule has 0 aromatic carbocycles. The molecular formula is C11H16N2OS2. The average Bonchev–Trinajstić information content (AvgIpc) is 2.78. The molecular weight excluding hydrogens is 240 g/mol. The minimum absolute atomic E-state index is 0.198. The highest BCUT2D eigenvalue weighted by molar-refractivity contribution is 8.07. The van der Waals surface area contributed by atoms with Crippen LogP contribution in [0.4, 0.5) is 0 Å². The molecule has 1 fully saturated rings. The van der Waals surface area contributed by atoms with E-state index in [9.17, 15) is 4.79 Å². The lowest BCUT2D eigenvalue weighted by Crippen LogP contribution is -2.25. The van der Waals surface area contributed by atoms with Crippen molar-refractivity contribution in [2.75, 3.05) is 17.3 Å². The second-order valence-corrected chi connectivity index (χ2v) is 6.24. The summed E-state index contributed by atoms with van der Waals surface area (Å²) in [7, 11) is 0. The zero-order valence-corrected chi connectivity index (χ0v) is 11.0. The van der Waals surface area contributed by atoms with E-state index in [1.807, 2.05) is 35.8 Å². The average molecular weight is 256 g/mol. The van der Waals surface area contributed by atoms with Gasteiger partial charge < -0.3 is 0 Å². The predicted octanol–water partition coefficient (Wildman–Crippen LogP) is 1.86. The molecule has 1 unspecified atom stereocenters. The van der Waals surface area contributed by atoms with Crippen molar-refractivity contribution in [2.45, 2.75) is 25.1 Å². The third kappa shape index (κ3) is 3.04. The van der Waals surface area contributed by atoms with Gasteiger partial charge >= 0.3 is 0 Å². The van der Waals surface area contributed by atoms with Gasteiger partial charge in [0.25, 0.3) is 0 Å². The molecule has 88 valence electrons. The Morgan fingerprint density at radius 2 is 2.50 bits per heavy atom. The van der Waals surface area contributed by atoms with Crippen LogP contribution in [0.15, 0.2) is 12.4 Å². The van der Waals surface area contributed by atoms with Crippen molar-refractivity contribution in [1.82, 2.24) is 9.78 Å². The van der Waals surface area contributed by atoms with E-state index in [0.29, 0.717) is 12.2 Å². The highest BCUT2D eigenvalue weighted by Crippen LogP contribution is 2.25. The summed E-state index contributed by atoms with van der Waals surface area (Å²) < 4.78 is 1.87. The Balaban J connectivity index is 1.90. The molecule has 16 heavy (non-hydrogen) atoms. The van der Waals surface area contributed by atoms with Crippen molar-refractivity contribution < 1.29 is 4.79 Å². The van der Waals surface area contributed by atoms with E-state index in [1.54, 1.807) is 11.8 Å². The number of thioether (sulfide) groups is 2. The lowest BCUT2D eigenvalue weighted by atomic mass is 10.1. The van der Waals surface area contributed by atoms with Crippen LogP contribution in [0, 0.1) is 0 Å². The Morgan fingerprint density at radius 3 is 3.12 bits per heavy atom. The van der Waals surface area contributed by atoms with Crippen LogP contribution in [-0.2, 0) is 17.8 Å². The normalized spacial score (nSPS) is 20.9. The predicted molar refractivity (Wildman–Crippen MR) is 70.2 cm³/mol. The van der Waals surface area contributed by atoms with E-state index >= 15 is 0 Å². The molecule has 0 bridgehead atoms. The molecule has 1 saturated heterocycles. The Bertz CT molecular complexity index is 359. The van der Waals surface area contributed by atoms with Gasteiger partial charge in [0, 0.05) is 36.4 Å². The first kappa shape index (κ1) is 12.0. The van der Waals surface area contributed by atoms with Crippen molar-refractivity contribution in [3.8, 4) is 0 Å². The van der Waals surface area contributed by atoms with Crippen LogP contribution in [0.3, 0.4) is 0 Å². The third-order valence-corrected chi connectivity index (χ3v) is 5.37. The van der Waals surface area contributed by atoms with Crippen molar-refractivity contribution in [1.29, 1.82) is 0 Å². The number of hydrogen-bond acceptors (Lipinski definition) is 4. The van der Waals surface area contributed by atoms with Gasteiger partial charge in [-0.25, -0.2) is 0 Å². The van der Waals surface area contributed by atoms with E-state index in [1.165, 1.54) is 5.75 Å². The smallest absolute Gasteiger partial charge is 0.151 e. The quantitative estimate of drug-likeness (QED) is 0.823. The van der Waals surface area contributed by atoms with Gasteiger partial charge in [0.05, 0.1) is 11.4 Å². The van der Waals surface area contributed by atoms with Crippen LogP contribution >= 0.6 is 23.5 Å². The SMILES string of the molecule is CCn1cc(CC(=O)C2CSCCS2)cn1. The first-order valence-corrected chi connectivity index (χ1v) is 7.73. The van der Waals surface area contributed by atoms with Crippen molar-refractivity contribution >= 4 is 29.3 Å². The molecule has 0 aliphatic carbocycles. The maximum absolute atomic E-state index is 12.0. The molecule has 1 atom stereocenters. The molecule has 1 aliphatic heterocycles. The van der Waals surface area contributed by atoms with Crippen LogP contribution < -0.4 is 0 Å². The van der Waals surface area contributed by atoms with Gasteiger partial charge in [-0.15, -0.1) is 11.8 Å². The number of hydrogen-bond donors (Lipinski definition) is 0. The van der Waals surface area contributed by atoms with E-state index in [-0.39, 0.29) is 5.25 Å². The fraction of sp³-hybridized carbons (Fsp3) is 0.636. The standard InChI is InChI=1S/C11H16N2OS2/c1-2-13-7-9(6-12-13)5-10(14)11-8-15-3-4-16-11/h6-7,11H,2-5,8H2,1H3. The lowest BCUT2D eigenvalue weighted by Gasteiger charge is -2.19. The number of nitrogens with zero attached hydrogens (tertiary/aromatic N) is 2. The third-order valence-electron chi connectivity index (χ3n) is 2.56. The number of aryl methyl sites for hydroxylation is 1. The van der Waals surface area contributed by atoms with Crippen LogP contribution in [0.5, 0.6) is 0 Å². The largest absolute Gasteiger partial charge is 0.298 e. The molecule has 0 saturated carbocycles.